The van der Waals surface area contributed by atoms with Crippen LogP contribution in [0.25, 0.3) is 0 Å². The molecule has 2 heterocycles. The Bertz CT molecular complexity index is 543. The molecule has 1 aromatic heterocycles. The van der Waals surface area contributed by atoms with Crippen LogP contribution in [0.3, 0.4) is 0 Å². The molecule has 1 N–H and O–H groups in total. The van der Waals surface area contributed by atoms with Gasteiger partial charge < -0.3 is 5.32 Å². The number of aromatic nitrogens is 1. The summed E-state index contributed by atoms with van der Waals surface area (Å²) >= 11 is 0. The highest BCUT2D eigenvalue weighted by Gasteiger charge is 2.28. The molecule has 1 aromatic rings. The van der Waals surface area contributed by atoms with E-state index in [-0.39, 0.29) is 6.04 Å². The van der Waals surface area contributed by atoms with Gasteiger partial charge in [-0.05, 0) is 30.0 Å². The largest absolute Gasteiger partial charge is 0.366 e. The number of nitrogens with one attached hydrogen (secondary N) is 1. The summed E-state index contributed by atoms with van der Waals surface area (Å²) in [4.78, 5) is 4.29. The van der Waals surface area contributed by atoms with E-state index >= 15 is 0 Å². The molecular weight excluding hydrogens is 262 g/mol. The summed E-state index contributed by atoms with van der Waals surface area (Å²) in [6, 6.07) is 4.19. The Kier molecular flexibility index (Phi) is 4.10. The minimum Gasteiger partial charge on any atom is -0.366 e. The van der Waals surface area contributed by atoms with Gasteiger partial charge in [-0.1, -0.05) is 13.8 Å². The molecule has 0 aromatic carbocycles. The van der Waals surface area contributed by atoms with Crippen LogP contribution in [0.5, 0.6) is 0 Å². The second kappa shape index (κ2) is 5.46. The van der Waals surface area contributed by atoms with Crippen molar-refractivity contribution in [2.24, 2.45) is 0 Å². The fraction of sp³-hybridized carbons (Fsp3) is 0.615. The Morgan fingerprint density at radius 2 is 2.21 bits per heavy atom. The zero-order valence-electron chi connectivity index (χ0n) is 11.6. The van der Waals surface area contributed by atoms with Gasteiger partial charge in [0.05, 0.1) is 6.26 Å². The summed E-state index contributed by atoms with van der Waals surface area (Å²) in [5, 5.41) is 3.32. The zero-order valence-corrected chi connectivity index (χ0v) is 12.4. The molecule has 2 rings (SSSR count). The maximum absolute atomic E-state index is 11.5. The van der Waals surface area contributed by atoms with E-state index in [9.17, 15) is 8.42 Å². The first-order chi connectivity index (χ1) is 8.86. The van der Waals surface area contributed by atoms with E-state index in [1.165, 1.54) is 16.1 Å². The lowest BCUT2D eigenvalue weighted by molar-refractivity contribution is 0.480. The number of anilines is 1. The lowest BCUT2D eigenvalue weighted by Gasteiger charge is -2.16. The molecule has 0 bridgehead atoms. The van der Waals surface area contributed by atoms with E-state index < -0.39 is 10.0 Å². The SMILES string of the molecule is CC(C)c1ccnc(NC2CCN(S(C)(=O)=O)C2)c1. The lowest BCUT2D eigenvalue weighted by Crippen LogP contribution is -2.30. The third kappa shape index (κ3) is 3.67. The molecule has 5 nitrogen and oxygen atoms in total. The molecule has 0 amide bonds. The van der Waals surface area contributed by atoms with Crippen LogP contribution in [0.2, 0.25) is 0 Å². The molecule has 19 heavy (non-hydrogen) atoms. The molecule has 106 valence electrons. The quantitative estimate of drug-likeness (QED) is 0.912. The first-order valence-electron chi connectivity index (χ1n) is 6.54. The van der Waals surface area contributed by atoms with Gasteiger partial charge in [0.2, 0.25) is 10.0 Å². The average molecular weight is 283 g/mol. The number of hydrogen-bond donors (Lipinski definition) is 1. The predicted molar refractivity (Wildman–Crippen MR) is 76.8 cm³/mol. The van der Waals surface area contributed by atoms with Gasteiger partial charge in [-0.15, -0.1) is 0 Å². The Morgan fingerprint density at radius 3 is 2.79 bits per heavy atom. The number of sulfonamides is 1. The Labute approximate surface area is 115 Å². The third-order valence-corrected chi connectivity index (χ3v) is 4.69. The van der Waals surface area contributed by atoms with Crippen molar-refractivity contribution in [3.63, 3.8) is 0 Å². The summed E-state index contributed by atoms with van der Waals surface area (Å²) in [6.07, 6.45) is 3.87. The predicted octanol–water partition coefficient (Wildman–Crippen LogP) is 1.65. The summed E-state index contributed by atoms with van der Waals surface area (Å²) < 4.78 is 24.4. The average Bonchev–Trinajstić information content (AvgIpc) is 2.77. The van der Waals surface area contributed by atoms with Crippen molar-refractivity contribution in [1.29, 1.82) is 0 Å². The number of hydrogen-bond acceptors (Lipinski definition) is 4. The molecule has 6 heteroatoms. The monoisotopic (exact) mass is 283 g/mol. The number of nitrogens with zero attached hydrogens (tertiary/aromatic N) is 2. The van der Waals surface area contributed by atoms with Crippen LogP contribution < -0.4 is 5.32 Å². The zero-order chi connectivity index (χ0) is 14.0. The summed E-state index contributed by atoms with van der Waals surface area (Å²) in [7, 11) is -3.08. The van der Waals surface area contributed by atoms with Gasteiger partial charge in [0, 0.05) is 25.3 Å². The fourth-order valence-electron chi connectivity index (χ4n) is 2.24. The molecule has 1 fully saturated rings. The van der Waals surface area contributed by atoms with Crippen molar-refractivity contribution < 1.29 is 8.42 Å². The smallest absolute Gasteiger partial charge is 0.211 e. The van der Waals surface area contributed by atoms with Crippen LogP contribution in [-0.4, -0.2) is 43.1 Å². The maximum atomic E-state index is 11.5. The van der Waals surface area contributed by atoms with Crippen molar-refractivity contribution >= 4 is 15.8 Å². The topological polar surface area (TPSA) is 62.3 Å². The summed E-state index contributed by atoms with van der Waals surface area (Å²) in [5.41, 5.74) is 1.23. The molecule has 1 aliphatic rings. The van der Waals surface area contributed by atoms with E-state index in [2.05, 4.69) is 24.1 Å². The highest BCUT2D eigenvalue weighted by atomic mass is 32.2. The van der Waals surface area contributed by atoms with Crippen LogP contribution in [0.15, 0.2) is 18.3 Å². The van der Waals surface area contributed by atoms with Gasteiger partial charge in [-0.25, -0.2) is 17.7 Å². The molecule has 1 unspecified atom stereocenters. The third-order valence-electron chi connectivity index (χ3n) is 3.42. The molecule has 1 saturated heterocycles. The molecule has 0 radical (unpaired) electrons. The van der Waals surface area contributed by atoms with E-state index in [1.807, 2.05) is 12.1 Å². The molecule has 0 aliphatic carbocycles. The summed E-state index contributed by atoms with van der Waals surface area (Å²) in [6.45, 7) is 5.38. The highest BCUT2D eigenvalue weighted by molar-refractivity contribution is 7.88. The van der Waals surface area contributed by atoms with Crippen molar-refractivity contribution in [1.82, 2.24) is 9.29 Å². The van der Waals surface area contributed by atoms with Crippen molar-refractivity contribution in [2.45, 2.75) is 32.2 Å². The van der Waals surface area contributed by atoms with E-state index in [0.29, 0.717) is 19.0 Å². The molecular formula is C13H21N3O2S. The first kappa shape index (κ1) is 14.3. The summed E-state index contributed by atoms with van der Waals surface area (Å²) in [5.74, 6) is 1.28. The Hall–Kier alpha value is -1.14. The maximum Gasteiger partial charge on any atom is 0.211 e. The normalized spacial score (nSPS) is 20.9. The van der Waals surface area contributed by atoms with E-state index in [1.54, 1.807) is 6.20 Å². The van der Waals surface area contributed by atoms with Crippen molar-refractivity contribution in [2.75, 3.05) is 24.7 Å². The van der Waals surface area contributed by atoms with Gasteiger partial charge in [-0.3, -0.25) is 0 Å². The molecule has 0 saturated carbocycles. The van der Waals surface area contributed by atoms with Crippen molar-refractivity contribution in [3.05, 3.63) is 23.9 Å². The van der Waals surface area contributed by atoms with Gasteiger partial charge in [0.15, 0.2) is 0 Å². The molecule has 1 aliphatic heterocycles. The van der Waals surface area contributed by atoms with Crippen LogP contribution in [0.4, 0.5) is 5.82 Å². The standard InChI is InChI=1S/C13H21N3O2S/c1-10(2)11-4-6-14-13(8-11)15-12-5-7-16(9-12)19(3,17)18/h4,6,8,10,12H,5,7,9H2,1-3H3,(H,14,15). The second-order valence-corrected chi connectivity index (χ2v) is 7.36. The highest BCUT2D eigenvalue weighted by Crippen LogP contribution is 2.20. The fourth-order valence-corrected chi connectivity index (χ4v) is 3.13. The van der Waals surface area contributed by atoms with Crippen LogP contribution in [0.1, 0.15) is 31.7 Å². The molecule has 1 atom stereocenters. The van der Waals surface area contributed by atoms with Crippen molar-refractivity contribution in [3.8, 4) is 0 Å². The number of pyridine rings is 1. The van der Waals surface area contributed by atoms with Gasteiger partial charge in [0.1, 0.15) is 5.82 Å². The van der Waals surface area contributed by atoms with Gasteiger partial charge >= 0.3 is 0 Å². The first-order valence-corrected chi connectivity index (χ1v) is 8.38. The van der Waals surface area contributed by atoms with E-state index in [4.69, 9.17) is 0 Å². The van der Waals surface area contributed by atoms with Crippen LogP contribution in [-0.2, 0) is 10.0 Å². The lowest BCUT2D eigenvalue weighted by atomic mass is 10.1. The Balaban J connectivity index is 2.01. The van der Waals surface area contributed by atoms with Crippen LogP contribution in [0, 0.1) is 0 Å². The Morgan fingerprint density at radius 1 is 1.47 bits per heavy atom. The minimum absolute atomic E-state index is 0.143. The second-order valence-electron chi connectivity index (χ2n) is 5.38. The van der Waals surface area contributed by atoms with Crippen LogP contribution >= 0.6 is 0 Å². The minimum atomic E-state index is -3.08. The van der Waals surface area contributed by atoms with Gasteiger partial charge in [0.25, 0.3) is 0 Å². The van der Waals surface area contributed by atoms with Gasteiger partial charge in [-0.2, -0.15) is 0 Å². The molecule has 0 spiro atoms. The number of rotatable bonds is 4. The van der Waals surface area contributed by atoms with E-state index in [0.717, 1.165) is 12.2 Å².